The van der Waals surface area contributed by atoms with Crippen molar-refractivity contribution in [3.63, 3.8) is 0 Å². The fraction of sp³-hybridized carbons (Fsp3) is 0.864. The molecule has 0 saturated heterocycles. The molecule has 0 heterocycles. The zero-order valence-corrected chi connectivity index (χ0v) is 32.6. The quantitative estimate of drug-likeness (QED) is 0.0376. The molecule has 0 atom stereocenters. The second-order valence-corrected chi connectivity index (χ2v) is 14.7. The SMILES string of the molecule is CCCCCCCC/C=C\CCCCCCCC(=O)CC[N+](CC)(CC)CCC(=O)CCCCCCC/C=C\CCCCCCCC. The number of hydrogen-bond acceptors (Lipinski definition) is 2. The van der Waals surface area contributed by atoms with Gasteiger partial charge in [-0.15, -0.1) is 0 Å². The van der Waals surface area contributed by atoms with Crippen molar-refractivity contribution in [2.75, 3.05) is 26.2 Å². The molecule has 276 valence electrons. The van der Waals surface area contributed by atoms with Crippen LogP contribution >= 0.6 is 0 Å². The van der Waals surface area contributed by atoms with Crippen LogP contribution in [0.3, 0.4) is 0 Å². The Morgan fingerprint density at radius 2 is 0.638 bits per heavy atom. The number of allylic oxidation sites excluding steroid dienone is 4. The van der Waals surface area contributed by atoms with Gasteiger partial charge < -0.3 is 4.48 Å². The van der Waals surface area contributed by atoms with Crippen molar-refractivity contribution < 1.29 is 14.1 Å². The van der Waals surface area contributed by atoms with Crippen LogP contribution in [0.2, 0.25) is 0 Å². The predicted octanol–water partition coefficient (Wildman–Crippen LogP) is 13.8. The summed E-state index contributed by atoms with van der Waals surface area (Å²) in [6.07, 6.45) is 45.9. The Morgan fingerprint density at radius 3 is 0.936 bits per heavy atom. The van der Waals surface area contributed by atoms with Crippen LogP contribution in [0.25, 0.3) is 0 Å². The van der Waals surface area contributed by atoms with Gasteiger partial charge in [0.05, 0.1) is 39.0 Å². The average Bonchev–Trinajstić information content (AvgIpc) is 3.08. The van der Waals surface area contributed by atoms with Crippen molar-refractivity contribution in [1.82, 2.24) is 0 Å². The van der Waals surface area contributed by atoms with Crippen LogP contribution in [0.4, 0.5) is 0 Å². The topological polar surface area (TPSA) is 34.1 Å². The number of quaternary nitrogens is 1. The third-order valence-corrected chi connectivity index (χ3v) is 10.5. The average molecular weight is 659 g/mol. The highest BCUT2D eigenvalue weighted by Crippen LogP contribution is 2.15. The van der Waals surface area contributed by atoms with Crippen molar-refractivity contribution >= 4 is 11.6 Å². The molecule has 0 bridgehead atoms. The summed E-state index contributed by atoms with van der Waals surface area (Å²) >= 11 is 0. The Morgan fingerprint density at radius 1 is 0.362 bits per heavy atom. The molecule has 0 rings (SSSR count). The van der Waals surface area contributed by atoms with Gasteiger partial charge in [-0.2, -0.15) is 0 Å². The summed E-state index contributed by atoms with van der Waals surface area (Å²) in [6, 6.07) is 0. The van der Waals surface area contributed by atoms with E-state index in [2.05, 4.69) is 52.0 Å². The van der Waals surface area contributed by atoms with Crippen molar-refractivity contribution in [2.24, 2.45) is 0 Å². The molecule has 47 heavy (non-hydrogen) atoms. The number of carbonyl (C=O) groups is 2. The number of nitrogens with zero attached hydrogens (tertiary/aromatic N) is 1. The van der Waals surface area contributed by atoms with E-state index in [4.69, 9.17) is 0 Å². The molecule has 0 aliphatic carbocycles. The second-order valence-electron chi connectivity index (χ2n) is 14.7. The van der Waals surface area contributed by atoms with E-state index in [1.165, 1.54) is 154 Å². The Balaban J connectivity index is 3.81. The maximum atomic E-state index is 12.7. The molecule has 0 aliphatic heterocycles. The molecule has 3 nitrogen and oxygen atoms in total. The van der Waals surface area contributed by atoms with Gasteiger partial charge in [0.15, 0.2) is 0 Å². The van der Waals surface area contributed by atoms with E-state index in [1.807, 2.05) is 0 Å². The first kappa shape index (κ1) is 45.8. The molecule has 0 radical (unpaired) electrons. The van der Waals surface area contributed by atoms with Crippen LogP contribution in [-0.4, -0.2) is 42.2 Å². The zero-order valence-electron chi connectivity index (χ0n) is 32.6. The second kappa shape index (κ2) is 36.1. The molecular formula is C44H84NO2+. The van der Waals surface area contributed by atoms with E-state index < -0.39 is 0 Å². The lowest BCUT2D eigenvalue weighted by atomic mass is 10.0. The summed E-state index contributed by atoms with van der Waals surface area (Å²) in [5.74, 6) is 0.846. The Labute approximate surface area is 295 Å². The van der Waals surface area contributed by atoms with Crippen LogP contribution in [0, 0.1) is 0 Å². The van der Waals surface area contributed by atoms with Gasteiger partial charge in [0.2, 0.25) is 0 Å². The maximum absolute atomic E-state index is 12.7. The van der Waals surface area contributed by atoms with Gasteiger partial charge in [0.25, 0.3) is 0 Å². The van der Waals surface area contributed by atoms with Crippen LogP contribution in [0.1, 0.15) is 220 Å². The summed E-state index contributed by atoms with van der Waals surface area (Å²) in [4.78, 5) is 25.3. The van der Waals surface area contributed by atoms with Crippen LogP contribution < -0.4 is 0 Å². The van der Waals surface area contributed by atoms with E-state index in [0.29, 0.717) is 24.4 Å². The number of hydrogen-bond donors (Lipinski definition) is 0. The van der Waals surface area contributed by atoms with Gasteiger partial charge in [-0.05, 0) is 78.1 Å². The Hall–Kier alpha value is -1.22. The highest BCUT2D eigenvalue weighted by atomic mass is 16.1. The minimum absolute atomic E-state index is 0.423. The molecule has 0 spiro atoms. The van der Waals surface area contributed by atoms with Crippen molar-refractivity contribution in [2.45, 2.75) is 220 Å². The number of carbonyl (C=O) groups excluding carboxylic acids is 2. The lowest BCUT2D eigenvalue weighted by Crippen LogP contribution is -2.50. The highest BCUT2D eigenvalue weighted by molar-refractivity contribution is 5.78. The largest absolute Gasteiger partial charge is 0.323 e. The van der Waals surface area contributed by atoms with E-state index >= 15 is 0 Å². The standard InChI is InChI=1S/C44H84NO2/c1-5-9-11-13-15-17-19-21-23-25-27-29-31-33-35-37-43(46)39-41-45(7-3,8-4)42-40-44(47)38-36-34-32-30-28-26-24-22-20-18-16-14-12-10-6-2/h21-24H,5-20,25-42H2,1-4H3/q+1/b23-21-,24-22-. The van der Waals surface area contributed by atoms with Gasteiger partial charge in [-0.3, -0.25) is 9.59 Å². The Kier molecular flexibility index (Phi) is 35.1. The summed E-state index contributed by atoms with van der Waals surface area (Å²) in [5.41, 5.74) is 0. The van der Waals surface area contributed by atoms with Crippen molar-refractivity contribution in [1.29, 1.82) is 0 Å². The maximum Gasteiger partial charge on any atom is 0.138 e. The fourth-order valence-electron chi connectivity index (χ4n) is 6.73. The predicted molar refractivity (Wildman–Crippen MR) is 209 cm³/mol. The van der Waals surface area contributed by atoms with E-state index in [-0.39, 0.29) is 0 Å². The molecular weight excluding hydrogens is 574 g/mol. The lowest BCUT2D eigenvalue weighted by molar-refractivity contribution is -0.923. The molecule has 0 amide bonds. The number of unbranched alkanes of at least 4 members (excludes halogenated alkanes) is 22. The fourth-order valence-corrected chi connectivity index (χ4v) is 6.73. The lowest BCUT2D eigenvalue weighted by Gasteiger charge is -2.36. The minimum Gasteiger partial charge on any atom is -0.323 e. The van der Waals surface area contributed by atoms with Gasteiger partial charge in [0.1, 0.15) is 11.6 Å². The first-order valence-electron chi connectivity index (χ1n) is 21.2. The summed E-state index contributed by atoms with van der Waals surface area (Å²) in [5, 5.41) is 0. The van der Waals surface area contributed by atoms with E-state index in [0.717, 1.165) is 56.3 Å². The minimum atomic E-state index is 0.423. The molecule has 0 aromatic rings. The van der Waals surface area contributed by atoms with Gasteiger partial charge >= 0.3 is 0 Å². The molecule has 0 saturated carbocycles. The molecule has 3 heteroatoms. The van der Waals surface area contributed by atoms with Crippen LogP contribution in [0.15, 0.2) is 24.3 Å². The normalized spacial score (nSPS) is 12.2. The summed E-state index contributed by atoms with van der Waals surface area (Å²) < 4.78 is 0.913. The van der Waals surface area contributed by atoms with Gasteiger partial charge in [-0.1, -0.05) is 141 Å². The van der Waals surface area contributed by atoms with Crippen molar-refractivity contribution in [3.05, 3.63) is 24.3 Å². The molecule has 0 aromatic heterocycles. The zero-order chi connectivity index (χ0) is 34.5. The monoisotopic (exact) mass is 659 g/mol. The molecule has 0 aliphatic rings. The number of Topliss-reactive ketones (excluding diaryl/α,β-unsaturated/α-hetero) is 2. The third-order valence-electron chi connectivity index (χ3n) is 10.5. The molecule has 0 fully saturated rings. The van der Waals surface area contributed by atoms with E-state index in [1.54, 1.807) is 0 Å². The first-order valence-corrected chi connectivity index (χ1v) is 21.2. The molecule has 0 N–H and O–H groups in total. The van der Waals surface area contributed by atoms with Crippen LogP contribution in [-0.2, 0) is 9.59 Å². The first-order chi connectivity index (χ1) is 23.0. The number of ketones is 2. The van der Waals surface area contributed by atoms with Gasteiger partial charge in [-0.25, -0.2) is 0 Å². The molecule has 0 aromatic carbocycles. The third kappa shape index (κ3) is 31.8. The van der Waals surface area contributed by atoms with Crippen molar-refractivity contribution in [3.8, 4) is 0 Å². The van der Waals surface area contributed by atoms with Gasteiger partial charge in [0, 0.05) is 12.8 Å². The molecule has 0 unspecified atom stereocenters. The van der Waals surface area contributed by atoms with Crippen LogP contribution in [0.5, 0.6) is 0 Å². The summed E-state index contributed by atoms with van der Waals surface area (Å²) in [7, 11) is 0. The summed E-state index contributed by atoms with van der Waals surface area (Å²) in [6.45, 7) is 12.8. The smallest absolute Gasteiger partial charge is 0.138 e. The van der Waals surface area contributed by atoms with E-state index in [9.17, 15) is 9.59 Å². The highest BCUT2D eigenvalue weighted by Gasteiger charge is 2.25. The Bertz CT molecular complexity index is 677. The number of rotatable bonds is 38.